The van der Waals surface area contributed by atoms with Gasteiger partial charge in [-0.1, -0.05) is 30.0 Å². The second-order valence-electron chi connectivity index (χ2n) is 6.22. The molecule has 142 valence electrons. The molecule has 0 aliphatic rings. The minimum absolute atomic E-state index is 0.284. The summed E-state index contributed by atoms with van der Waals surface area (Å²) >= 11 is 1.50. The van der Waals surface area contributed by atoms with Gasteiger partial charge in [0.05, 0.1) is 29.2 Å². The molecule has 3 aromatic heterocycles. The van der Waals surface area contributed by atoms with Gasteiger partial charge in [0.2, 0.25) is 5.89 Å². The third-order valence-electron chi connectivity index (χ3n) is 4.34. The molecule has 0 saturated carbocycles. The normalized spacial score (nSPS) is 11.2. The predicted molar refractivity (Wildman–Crippen MR) is 108 cm³/mol. The molecule has 0 radical (unpaired) electrons. The van der Waals surface area contributed by atoms with Crippen LogP contribution in [0.1, 0.15) is 5.89 Å². The predicted octanol–water partition coefficient (Wildman–Crippen LogP) is 4.90. The topological polar surface area (TPSA) is 69.6 Å². The van der Waals surface area contributed by atoms with Crippen LogP contribution < -0.4 is 0 Å². The van der Waals surface area contributed by atoms with Crippen LogP contribution in [0.15, 0.2) is 82.8 Å². The summed E-state index contributed by atoms with van der Waals surface area (Å²) in [5.41, 5.74) is 2.46. The lowest BCUT2D eigenvalue weighted by molar-refractivity contribution is 0.529. The minimum atomic E-state index is -0.284. The summed E-state index contributed by atoms with van der Waals surface area (Å²) in [5, 5.41) is 6.13. The number of benzene rings is 2. The molecule has 5 rings (SSSR count). The Balaban J connectivity index is 1.38. The van der Waals surface area contributed by atoms with E-state index in [1.54, 1.807) is 29.2 Å². The van der Waals surface area contributed by atoms with Crippen molar-refractivity contribution in [1.82, 2.24) is 24.7 Å². The summed E-state index contributed by atoms with van der Waals surface area (Å²) in [4.78, 5) is 13.1. The Kier molecular flexibility index (Phi) is 4.53. The SMILES string of the molecule is Fc1ccc(-c2cnc(CSc3ncnc4c3cnn4-c3ccccc3)o2)cc1. The van der Waals surface area contributed by atoms with E-state index in [4.69, 9.17) is 4.42 Å². The summed E-state index contributed by atoms with van der Waals surface area (Å²) in [5.74, 6) is 1.39. The van der Waals surface area contributed by atoms with Gasteiger partial charge in [0, 0.05) is 5.56 Å². The van der Waals surface area contributed by atoms with Crippen molar-refractivity contribution in [2.75, 3.05) is 0 Å². The fraction of sp³-hybridized carbons (Fsp3) is 0.0476. The first-order valence-electron chi connectivity index (χ1n) is 8.85. The van der Waals surface area contributed by atoms with Crippen molar-refractivity contribution in [2.45, 2.75) is 10.8 Å². The van der Waals surface area contributed by atoms with E-state index in [1.807, 2.05) is 30.3 Å². The van der Waals surface area contributed by atoms with E-state index in [0.29, 0.717) is 17.4 Å². The summed E-state index contributed by atoms with van der Waals surface area (Å²) in [6.07, 6.45) is 4.95. The fourth-order valence-electron chi connectivity index (χ4n) is 2.95. The van der Waals surface area contributed by atoms with Crippen LogP contribution in [-0.2, 0) is 5.75 Å². The number of aromatic nitrogens is 5. The van der Waals surface area contributed by atoms with Crippen LogP contribution in [-0.4, -0.2) is 24.7 Å². The number of rotatable bonds is 5. The Bertz CT molecular complexity index is 1270. The van der Waals surface area contributed by atoms with Gasteiger partial charge in [-0.25, -0.2) is 24.0 Å². The molecule has 0 bridgehead atoms. The highest BCUT2D eigenvalue weighted by Crippen LogP contribution is 2.29. The number of hydrogen-bond donors (Lipinski definition) is 0. The maximum absolute atomic E-state index is 13.1. The van der Waals surface area contributed by atoms with Crippen LogP contribution in [0.25, 0.3) is 28.0 Å². The fourth-order valence-corrected chi connectivity index (χ4v) is 3.77. The number of thioether (sulfide) groups is 1. The molecule has 0 atom stereocenters. The molecule has 0 unspecified atom stereocenters. The van der Waals surface area contributed by atoms with Gasteiger partial charge in [0.1, 0.15) is 17.2 Å². The molecule has 0 fully saturated rings. The van der Waals surface area contributed by atoms with Crippen molar-refractivity contribution in [3.05, 3.63) is 85.0 Å². The standard InChI is InChI=1S/C21H14FN5OS/c22-15-8-6-14(7-9-15)18-11-23-19(28-18)12-29-21-17-10-26-27(20(17)24-13-25-21)16-4-2-1-3-5-16/h1-11,13H,12H2. The van der Waals surface area contributed by atoms with E-state index in [-0.39, 0.29) is 5.82 Å². The Hall–Kier alpha value is -3.52. The number of halogens is 1. The molecule has 0 spiro atoms. The number of nitrogens with zero attached hydrogens (tertiary/aromatic N) is 5. The molecule has 3 heterocycles. The summed E-state index contributed by atoms with van der Waals surface area (Å²) < 4.78 is 20.7. The monoisotopic (exact) mass is 403 g/mol. The molecule has 5 aromatic rings. The highest BCUT2D eigenvalue weighted by Gasteiger charge is 2.13. The van der Waals surface area contributed by atoms with Gasteiger partial charge in [-0.2, -0.15) is 5.10 Å². The molecule has 0 amide bonds. The van der Waals surface area contributed by atoms with Crippen molar-refractivity contribution in [1.29, 1.82) is 0 Å². The molecule has 8 heteroatoms. The van der Waals surface area contributed by atoms with Crippen LogP contribution >= 0.6 is 11.8 Å². The Labute approximate surface area is 169 Å². The first-order valence-corrected chi connectivity index (χ1v) is 9.84. The molecule has 0 saturated heterocycles. The average molecular weight is 403 g/mol. The maximum atomic E-state index is 13.1. The first-order chi connectivity index (χ1) is 14.3. The van der Waals surface area contributed by atoms with Gasteiger partial charge in [0.15, 0.2) is 11.4 Å². The molecular formula is C21H14FN5OS. The Morgan fingerprint density at radius 3 is 2.59 bits per heavy atom. The summed E-state index contributed by atoms with van der Waals surface area (Å²) in [7, 11) is 0. The van der Waals surface area contributed by atoms with E-state index in [1.165, 1.54) is 30.2 Å². The van der Waals surface area contributed by atoms with Crippen LogP contribution in [0.3, 0.4) is 0 Å². The van der Waals surface area contributed by atoms with Crippen molar-refractivity contribution in [3.63, 3.8) is 0 Å². The Morgan fingerprint density at radius 2 is 1.76 bits per heavy atom. The summed E-state index contributed by atoms with van der Waals surface area (Å²) in [6.45, 7) is 0. The molecule has 0 N–H and O–H groups in total. The zero-order chi connectivity index (χ0) is 19.6. The third kappa shape index (κ3) is 3.50. The molecule has 0 aliphatic carbocycles. The van der Waals surface area contributed by atoms with E-state index in [9.17, 15) is 4.39 Å². The number of para-hydroxylation sites is 1. The highest BCUT2D eigenvalue weighted by atomic mass is 32.2. The van der Waals surface area contributed by atoms with Crippen molar-refractivity contribution < 1.29 is 8.81 Å². The zero-order valence-electron chi connectivity index (χ0n) is 15.1. The summed E-state index contributed by atoms with van der Waals surface area (Å²) in [6, 6.07) is 16.0. The second kappa shape index (κ2) is 7.48. The van der Waals surface area contributed by atoms with E-state index < -0.39 is 0 Å². The molecule has 6 nitrogen and oxygen atoms in total. The molecular weight excluding hydrogens is 389 g/mol. The Morgan fingerprint density at radius 1 is 0.931 bits per heavy atom. The van der Waals surface area contributed by atoms with E-state index in [2.05, 4.69) is 20.1 Å². The number of oxazole rings is 1. The smallest absolute Gasteiger partial charge is 0.205 e. The van der Waals surface area contributed by atoms with Gasteiger partial charge in [-0.15, -0.1) is 0 Å². The van der Waals surface area contributed by atoms with Gasteiger partial charge < -0.3 is 4.42 Å². The van der Waals surface area contributed by atoms with Gasteiger partial charge in [-0.3, -0.25) is 0 Å². The number of hydrogen-bond acceptors (Lipinski definition) is 6. The van der Waals surface area contributed by atoms with Crippen LogP contribution in [0.4, 0.5) is 4.39 Å². The lowest BCUT2D eigenvalue weighted by atomic mass is 10.2. The van der Waals surface area contributed by atoms with E-state index in [0.717, 1.165) is 27.3 Å². The van der Waals surface area contributed by atoms with Crippen molar-refractivity contribution in [3.8, 4) is 17.0 Å². The number of fused-ring (bicyclic) bond motifs is 1. The van der Waals surface area contributed by atoms with Gasteiger partial charge >= 0.3 is 0 Å². The van der Waals surface area contributed by atoms with Crippen molar-refractivity contribution >= 4 is 22.8 Å². The quantitative estimate of drug-likeness (QED) is 0.307. The van der Waals surface area contributed by atoms with Gasteiger partial charge in [-0.05, 0) is 36.4 Å². The largest absolute Gasteiger partial charge is 0.440 e. The van der Waals surface area contributed by atoms with Crippen LogP contribution in [0.5, 0.6) is 0 Å². The average Bonchev–Trinajstić information content (AvgIpc) is 3.41. The first kappa shape index (κ1) is 17.6. The molecule has 0 aliphatic heterocycles. The minimum Gasteiger partial charge on any atom is -0.440 e. The lowest BCUT2D eigenvalue weighted by Crippen LogP contribution is -1.97. The highest BCUT2D eigenvalue weighted by molar-refractivity contribution is 7.98. The maximum Gasteiger partial charge on any atom is 0.205 e. The van der Waals surface area contributed by atoms with Crippen molar-refractivity contribution in [2.24, 2.45) is 0 Å². The van der Waals surface area contributed by atoms with Crippen LogP contribution in [0, 0.1) is 5.82 Å². The second-order valence-corrected chi connectivity index (χ2v) is 7.19. The van der Waals surface area contributed by atoms with E-state index >= 15 is 0 Å². The van der Waals surface area contributed by atoms with Crippen LogP contribution in [0.2, 0.25) is 0 Å². The molecule has 2 aromatic carbocycles. The molecule has 29 heavy (non-hydrogen) atoms. The third-order valence-corrected chi connectivity index (χ3v) is 5.33. The van der Waals surface area contributed by atoms with Gasteiger partial charge in [0.25, 0.3) is 0 Å². The zero-order valence-corrected chi connectivity index (χ0v) is 15.9. The lowest BCUT2D eigenvalue weighted by Gasteiger charge is -2.03.